The molecule has 1 aromatic carbocycles. The number of aromatic nitrogens is 4. The summed E-state index contributed by atoms with van der Waals surface area (Å²) in [5.41, 5.74) is 6.54. The fourth-order valence-electron chi connectivity index (χ4n) is 4.76. The molecule has 3 aromatic rings. The summed E-state index contributed by atoms with van der Waals surface area (Å²) < 4.78 is 39.6. The van der Waals surface area contributed by atoms with Crippen LogP contribution in [-0.2, 0) is 0 Å². The van der Waals surface area contributed by atoms with Crippen LogP contribution in [0.4, 0.5) is 20.7 Å². The van der Waals surface area contributed by atoms with Gasteiger partial charge in [0, 0.05) is 44.1 Å². The Balaban J connectivity index is 1.11. The number of halogens is 2. The van der Waals surface area contributed by atoms with Gasteiger partial charge in [-0.3, -0.25) is 0 Å². The summed E-state index contributed by atoms with van der Waals surface area (Å²) in [4.78, 5) is 12.9. The summed E-state index contributed by atoms with van der Waals surface area (Å²) in [6, 6.07) is 3.71. The number of hydrogen-bond acceptors (Lipinski definition) is 9. The molecule has 2 aliphatic rings. The van der Waals surface area contributed by atoms with Crippen molar-refractivity contribution in [2.75, 3.05) is 42.6 Å². The van der Waals surface area contributed by atoms with E-state index in [-0.39, 0.29) is 23.4 Å². The van der Waals surface area contributed by atoms with E-state index in [9.17, 15) is 8.78 Å². The quantitative estimate of drug-likeness (QED) is 0.523. The van der Waals surface area contributed by atoms with E-state index >= 15 is 0 Å². The third-order valence-corrected chi connectivity index (χ3v) is 6.91. The summed E-state index contributed by atoms with van der Waals surface area (Å²) in [5.74, 6) is 1.10. The first-order valence-electron chi connectivity index (χ1n) is 12.4. The number of anilines is 2. The molecule has 2 atom stereocenters. The Kier molecular flexibility index (Phi) is 6.99. The molecule has 0 radical (unpaired) electrons. The van der Waals surface area contributed by atoms with Crippen LogP contribution in [0.15, 0.2) is 35.0 Å². The van der Waals surface area contributed by atoms with Gasteiger partial charge >= 0.3 is 6.01 Å². The Hall–Kier alpha value is -3.34. The first kappa shape index (κ1) is 24.4. The molecule has 11 heteroatoms. The second kappa shape index (κ2) is 10.3. The van der Waals surface area contributed by atoms with Gasteiger partial charge in [0.05, 0.1) is 19.0 Å². The molecule has 192 valence electrons. The average molecular weight is 500 g/mol. The van der Waals surface area contributed by atoms with Crippen LogP contribution in [0.2, 0.25) is 0 Å². The summed E-state index contributed by atoms with van der Waals surface area (Å²) >= 11 is 0. The molecule has 0 bridgehead atoms. The highest BCUT2D eigenvalue weighted by Crippen LogP contribution is 2.31. The van der Waals surface area contributed by atoms with Crippen molar-refractivity contribution < 1.29 is 17.9 Å². The molecule has 0 aliphatic carbocycles. The van der Waals surface area contributed by atoms with E-state index in [2.05, 4.69) is 25.1 Å². The van der Waals surface area contributed by atoms with Gasteiger partial charge in [-0.15, -0.1) is 5.10 Å². The number of ether oxygens (including phenoxy) is 1. The lowest BCUT2D eigenvalue weighted by Crippen LogP contribution is -2.35. The second-order valence-electron chi connectivity index (χ2n) is 9.88. The molecule has 4 heterocycles. The number of piperidine rings is 1. The lowest BCUT2D eigenvalue weighted by molar-refractivity contribution is 0.219. The molecule has 2 aliphatic heterocycles. The number of hydrogen-bond donors (Lipinski definition) is 1. The molecule has 9 nitrogen and oxygen atoms in total. The Morgan fingerprint density at radius 3 is 2.53 bits per heavy atom. The molecule has 36 heavy (non-hydrogen) atoms. The van der Waals surface area contributed by atoms with Gasteiger partial charge in [0.1, 0.15) is 11.6 Å². The number of nitrogens with zero attached hydrogens (tertiary/aromatic N) is 6. The van der Waals surface area contributed by atoms with E-state index in [1.54, 1.807) is 12.4 Å². The maximum Gasteiger partial charge on any atom is 0.318 e. The average Bonchev–Trinajstić information content (AvgIpc) is 3.52. The highest BCUT2D eigenvalue weighted by atomic mass is 19.1. The second-order valence-corrected chi connectivity index (χ2v) is 9.88. The van der Waals surface area contributed by atoms with Crippen molar-refractivity contribution in [3.05, 3.63) is 53.7 Å². The van der Waals surface area contributed by atoms with Crippen molar-refractivity contribution >= 4 is 12.0 Å². The summed E-state index contributed by atoms with van der Waals surface area (Å²) in [6.07, 6.45) is 5.21. The third-order valence-electron chi connectivity index (χ3n) is 6.91. The topological polar surface area (TPSA) is 106 Å². The van der Waals surface area contributed by atoms with Crippen LogP contribution in [0.1, 0.15) is 50.0 Å². The minimum atomic E-state index is -0.476. The number of rotatable bonds is 7. The molecule has 0 saturated carbocycles. The predicted molar refractivity (Wildman–Crippen MR) is 130 cm³/mol. The van der Waals surface area contributed by atoms with E-state index in [4.69, 9.17) is 14.9 Å². The molecular formula is C25H31F2N7O2. The zero-order valence-electron chi connectivity index (χ0n) is 20.5. The third kappa shape index (κ3) is 5.25. The lowest BCUT2D eigenvalue weighted by Gasteiger charge is -2.30. The van der Waals surface area contributed by atoms with Gasteiger partial charge in [-0.25, -0.2) is 18.7 Å². The smallest absolute Gasteiger partial charge is 0.318 e. The highest BCUT2D eigenvalue weighted by Gasteiger charge is 2.34. The van der Waals surface area contributed by atoms with Gasteiger partial charge in [0.15, 0.2) is 5.75 Å². The van der Waals surface area contributed by atoms with Gasteiger partial charge in [-0.1, -0.05) is 18.9 Å². The van der Waals surface area contributed by atoms with Gasteiger partial charge in [0.25, 0.3) is 0 Å². The molecule has 2 fully saturated rings. The van der Waals surface area contributed by atoms with Gasteiger partial charge < -0.3 is 24.7 Å². The summed E-state index contributed by atoms with van der Waals surface area (Å²) in [6.45, 7) is 7.19. The van der Waals surface area contributed by atoms with Crippen molar-refractivity contribution in [2.45, 2.75) is 44.6 Å². The van der Waals surface area contributed by atoms with Crippen LogP contribution in [0.3, 0.4) is 0 Å². The first-order chi connectivity index (χ1) is 17.4. The van der Waals surface area contributed by atoms with Crippen LogP contribution in [0.25, 0.3) is 0 Å². The van der Waals surface area contributed by atoms with Crippen molar-refractivity contribution in [3.8, 4) is 5.75 Å². The highest BCUT2D eigenvalue weighted by molar-refractivity contribution is 5.39. The maximum atomic E-state index is 14.3. The minimum absolute atomic E-state index is 0.214. The van der Waals surface area contributed by atoms with Crippen molar-refractivity contribution in [2.24, 2.45) is 11.7 Å². The largest absolute Gasteiger partial charge is 0.490 e. The van der Waals surface area contributed by atoms with Crippen LogP contribution in [0, 0.1) is 17.6 Å². The summed E-state index contributed by atoms with van der Waals surface area (Å²) in [7, 11) is 0. The molecule has 2 N–H and O–H groups in total. The Labute approximate surface area is 208 Å². The van der Waals surface area contributed by atoms with E-state index in [0.717, 1.165) is 38.1 Å². The zero-order chi connectivity index (χ0) is 25.2. The monoisotopic (exact) mass is 499 g/mol. The van der Waals surface area contributed by atoms with Crippen molar-refractivity contribution in [3.63, 3.8) is 0 Å². The Bertz CT molecular complexity index is 1170. The van der Waals surface area contributed by atoms with Gasteiger partial charge in [0.2, 0.25) is 11.8 Å². The fourth-order valence-corrected chi connectivity index (χ4v) is 4.76. The molecule has 2 saturated heterocycles. The van der Waals surface area contributed by atoms with Crippen molar-refractivity contribution in [1.29, 1.82) is 0 Å². The molecule has 0 spiro atoms. The van der Waals surface area contributed by atoms with Crippen LogP contribution in [0.5, 0.6) is 5.75 Å². The van der Waals surface area contributed by atoms with E-state index in [0.29, 0.717) is 49.2 Å². The Morgan fingerprint density at radius 2 is 1.83 bits per heavy atom. The van der Waals surface area contributed by atoms with E-state index in [1.807, 2.05) is 18.7 Å². The number of nitrogens with two attached hydrogens (primary N) is 1. The van der Waals surface area contributed by atoms with E-state index in [1.165, 1.54) is 6.07 Å². The molecule has 2 aromatic heterocycles. The Morgan fingerprint density at radius 1 is 1.08 bits per heavy atom. The van der Waals surface area contributed by atoms with E-state index < -0.39 is 11.6 Å². The lowest BCUT2D eigenvalue weighted by atomic mass is 9.94. The minimum Gasteiger partial charge on any atom is -0.490 e. The standard InChI is InChI=1S/C25H31F2N7O2/c1-15(2)23-31-32-25(36-23)33-7-5-16(6-8-33)14-35-18-10-29-24(30-11-18)34-12-20(22(28)13-34)19-9-17(26)3-4-21(19)27/h3-4,9-11,15-16,20,22H,5-8,12-14,28H2,1-2H3/t20-,22+/m1/s1. The zero-order valence-corrected chi connectivity index (χ0v) is 20.5. The normalized spacial score (nSPS) is 20.9. The summed E-state index contributed by atoms with van der Waals surface area (Å²) in [5, 5.41) is 8.28. The fraction of sp³-hybridized carbons (Fsp3) is 0.520. The SMILES string of the molecule is CC(C)c1nnc(N2CCC(COc3cnc(N4C[C@H](c5cc(F)ccc5F)[C@@H](N)C4)nc3)CC2)o1. The van der Waals surface area contributed by atoms with Crippen LogP contribution >= 0.6 is 0 Å². The van der Waals surface area contributed by atoms with Crippen molar-refractivity contribution in [1.82, 2.24) is 20.2 Å². The number of benzene rings is 1. The molecule has 5 rings (SSSR count). The van der Waals surface area contributed by atoms with Crippen LogP contribution in [-0.4, -0.2) is 59.0 Å². The first-order valence-corrected chi connectivity index (χ1v) is 12.4. The van der Waals surface area contributed by atoms with Gasteiger partial charge in [-0.05, 0) is 42.5 Å². The van der Waals surface area contributed by atoms with Gasteiger partial charge in [-0.2, -0.15) is 0 Å². The van der Waals surface area contributed by atoms with Crippen LogP contribution < -0.4 is 20.3 Å². The molecule has 0 amide bonds. The molecular weight excluding hydrogens is 468 g/mol. The predicted octanol–water partition coefficient (Wildman–Crippen LogP) is 3.49. The maximum absolute atomic E-state index is 14.3. The molecule has 0 unspecified atom stereocenters.